The first kappa shape index (κ1) is 12.7. The summed E-state index contributed by atoms with van der Waals surface area (Å²) in [5.74, 6) is 0.325. The lowest BCUT2D eigenvalue weighted by Gasteiger charge is -2.13. The molecular weight excluding hydrogens is 244 g/mol. The van der Waals surface area contributed by atoms with Gasteiger partial charge in [-0.1, -0.05) is 42.5 Å². The van der Waals surface area contributed by atoms with Crippen molar-refractivity contribution in [3.8, 4) is 6.07 Å². The fourth-order valence-corrected chi connectivity index (χ4v) is 2.91. The van der Waals surface area contributed by atoms with Gasteiger partial charge < -0.3 is 4.90 Å². The molecule has 1 aliphatic carbocycles. The highest BCUT2D eigenvalue weighted by Gasteiger charge is 2.56. The summed E-state index contributed by atoms with van der Waals surface area (Å²) < 4.78 is 0. The molecular formula is C18H18N2. The van der Waals surface area contributed by atoms with Gasteiger partial charge in [-0.25, -0.2) is 0 Å². The van der Waals surface area contributed by atoms with Gasteiger partial charge in [0.2, 0.25) is 0 Å². The van der Waals surface area contributed by atoms with Crippen LogP contribution in [0.4, 0.5) is 5.69 Å². The van der Waals surface area contributed by atoms with E-state index in [4.69, 9.17) is 0 Å². The maximum atomic E-state index is 9.63. The predicted octanol–water partition coefficient (Wildman–Crippen LogP) is 3.70. The lowest BCUT2D eigenvalue weighted by atomic mass is 9.92. The van der Waals surface area contributed by atoms with Crippen molar-refractivity contribution in [3.63, 3.8) is 0 Å². The van der Waals surface area contributed by atoms with Gasteiger partial charge in [-0.15, -0.1) is 0 Å². The molecule has 1 fully saturated rings. The van der Waals surface area contributed by atoms with E-state index in [2.05, 4.69) is 47.4 Å². The summed E-state index contributed by atoms with van der Waals surface area (Å²) in [6, 6.07) is 21.3. The third-order valence-corrected chi connectivity index (χ3v) is 4.26. The van der Waals surface area contributed by atoms with E-state index in [1.807, 2.05) is 32.3 Å². The third kappa shape index (κ3) is 1.96. The van der Waals surface area contributed by atoms with Crippen molar-refractivity contribution < 1.29 is 0 Å². The number of nitriles is 1. The maximum Gasteiger partial charge on any atom is 0.0897 e. The average molecular weight is 262 g/mol. The molecule has 2 nitrogen and oxygen atoms in total. The van der Waals surface area contributed by atoms with Gasteiger partial charge >= 0.3 is 0 Å². The first-order valence-corrected chi connectivity index (χ1v) is 6.91. The zero-order chi connectivity index (χ0) is 14.2. The van der Waals surface area contributed by atoms with Crippen LogP contribution in [0.15, 0.2) is 54.6 Å². The minimum absolute atomic E-state index is 0.319. The molecule has 0 aliphatic heterocycles. The Balaban J connectivity index is 1.89. The monoisotopic (exact) mass is 262 g/mol. The second kappa shape index (κ2) is 4.68. The molecule has 0 saturated heterocycles. The van der Waals surface area contributed by atoms with Crippen LogP contribution in [0, 0.1) is 11.3 Å². The van der Waals surface area contributed by atoms with E-state index in [9.17, 15) is 5.26 Å². The smallest absolute Gasteiger partial charge is 0.0897 e. The highest BCUT2D eigenvalue weighted by molar-refractivity contribution is 5.53. The quantitative estimate of drug-likeness (QED) is 0.843. The van der Waals surface area contributed by atoms with E-state index in [1.54, 1.807) is 0 Å². The number of nitrogens with zero attached hydrogens (tertiary/aromatic N) is 2. The molecule has 0 N–H and O–H groups in total. The highest BCUT2D eigenvalue weighted by atomic mass is 15.1. The van der Waals surface area contributed by atoms with Crippen molar-refractivity contribution >= 4 is 5.69 Å². The molecule has 0 bridgehead atoms. The van der Waals surface area contributed by atoms with Crippen molar-refractivity contribution in [2.75, 3.05) is 19.0 Å². The molecule has 3 rings (SSSR count). The normalized spacial score (nSPS) is 23.9. The van der Waals surface area contributed by atoms with Crippen LogP contribution in [0.25, 0.3) is 0 Å². The van der Waals surface area contributed by atoms with Crippen molar-refractivity contribution in [1.82, 2.24) is 0 Å². The van der Waals surface area contributed by atoms with Crippen LogP contribution in [-0.2, 0) is 5.41 Å². The highest BCUT2D eigenvalue weighted by Crippen LogP contribution is 2.60. The Bertz CT molecular complexity index is 637. The van der Waals surface area contributed by atoms with Gasteiger partial charge in [-0.05, 0) is 29.7 Å². The molecule has 2 atom stereocenters. The number of hydrogen-bond acceptors (Lipinski definition) is 2. The summed E-state index contributed by atoms with van der Waals surface area (Å²) in [6.07, 6.45) is 0.925. The molecule has 0 unspecified atom stereocenters. The van der Waals surface area contributed by atoms with Crippen molar-refractivity contribution in [2.24, 2.45) is 0 Å². The Kier molecular flexibility index (Phi) is 2.99. The third-order valence-electron chi connectivity index (χ3n) is 4.26. The SMILES string of the molecule is CN(C)c1ccc([C@H]2C[C@]2(C#N)c2ccccc2)cc1. The number of benzene rings is 2. The summed E-state index contributed by atoms with van der Waals surface area (Å²) in [5, 5.41) is 9.63. The van der Waals surface area contributed by atoms with E-state index in [-0.39, 0.29) is 5.41 Å². The van der Waals surface area contributed by atoms with E-state index >= 15 is 0 Å². The molecule has 1 aliphatic rings. The second-order valence-electron chi connectivity index (χ2n) is 5.69. The largest absolute Gasteiger partial charge is 0.378 e. The number of anilines is 1. The molecule has 0 heterocycles. The molecule has 1 saturated carbocycles. The van der Waals surface area contributed by atoms with Gasteiger partial charge in [-0.2, -0.15) is 5.26 Å². The molecule has 0 spiro atoms. The Hall–Kier alpha value is -2.27. The fourth-order valence-electron chi connectivity index (χ4n) is 2.91. The van der Waals surface area contributed by atoms with Crippen LogP contribution < -0.4 is 4.90 Å². The van der Waals surface area contributed by atoms with E-state index < -0.39 is 0 Å². The summed E-state index contributed by atoms with van der Waals surface area (Å²) >= 11 is 0. The predicted molar refractivity (Wildman–Crippen MR) is 81.9 cm³/mol. The Morgan fingerprint density at radius 2 is 1.70 bits per heavy atom. The van der Waals surface area contributed by atoms with Gasteiger partial charge in [0.05, 0.1) is 11.5 Å². The summed E-state index contributed by atoms with van der Waals surface area (Å²) in [4.78, 5) is 2.09. The van der Waals surface area contributed by atoms with Gasteiger partial charge in [0.25, 0.3) is 0 Å². The molecule has 100 valence electrons. The lowest BCUT2D eigenvalue weighted by molar-refractivity contribution is 0.856. The first-order valence-electron chi connectivity index (χ1n) is 6.91. The van der Waals surface area contributed by atoms with E-state index in [0.717, 1.165) is 12.0 Å². The van der Waals surface area contributed by atoms with Crippen LogP contribution in [0.2, 0.25) is 0 Å². The van der Waals surface area contributed by atoms with Crippen molar-refractivity contribution in [3.05, 3.63) is 65.7 Å². The molecule has 0 radical (unpaired) electrons. The summed E-state index contributed by atoms with van der Waals surface area (Å²) in [7, 11) is 4.07. The molecule has 2 aromatic rings. The van der Waals surface area contributed by atoms with Crippen LogP contribution in [-0.4, -0.2) is 14.1 Å². The van der Waals surface area contributed by atoms with Crippen LogP contribution in [0.1, 0.15) is 23.5 Å². The van der Waals surface area contributed by atoms with Gasteiger partial charge in [0.1, 0.15) is 0 Å². The van der Waals surface area contributed by atoms with Crippen LogP contribution in [0.5, 0.6) is 0 Å². The second-order valence-corrected chi connectivity index (χ2v) is 5.69. The van der Waals surface area contributed by atoms with E-state index in [0.29, 0.717) is 5.92 Å². The Labute approximate surface area is 120 Å². The first-order chi connectivity index (χ1) is 9.67. The standard InChI is InChI=1S/C18H18N2/c1-20(2)16-10-8-14(9-11-16)17-12-18(17,13-19)15-6-4-3-5-7-15/h3-11,17H,12H2,1-2H3/t17-,18+/m1/s1. The minimum Gasteiger partial charge on any atom is -0.378 e. The van der Waals surface area contributed by atoms with Gasteiger partial charge in [0.15, 0.2) is 0 Å². The van der Waals surface area contributed by atoms with E-state index in [1.165, 1.54) is 11.3 Å². The minimum atomic E-state index is -0.319. The Morgan fingerprint density at radius 1 is 1.05 bits per heavy atom. The van der Waals surface area contributed by atoms with Gasteiger partial charge in [0, 0.05) is 25.7 Å². The molecule has 20 heavy (non-hydrogen) atoms. The maximum absolute atomic E-state index is 9.63. The molecule has 2 aromatic carbocycles. The van der Waals surface area contributed by atoms with Crippen LogP contribution in [0.3, 0.4) is 0 Å². The number of rotatable bonds is 3. The lowest BCUT2D eigenvalue weighted by Crippen LogP contribution is -2.09. The summed E-state index contributed by atoms with van der Waals surface area (Å²) in [6.45, 7) is 0. The van der Waals surface area contributed by atoms with Crippen molar-refractivity contribution in [1.29, 1.82) is 5.26 Å². The van der Waals surface area contributed by atoms with Crippen molar-refractivity contribution in [2.45, 2.75) is 17.8 Å². The summed E-state index contributed by atoms with van der Waals surface area (Å²) in [5.41, 5.74) is 3.28. The molecule has 0 aromatic heterocycles. The molecule has 0 amide bonds. The average Bonchev–Trinajstić information content (AvgIpc) is 3.24. The van der Waals surface area contributed by atoms with Gasteiger partial charge in [-0.3, -0.25) is 0 Å². The number of hydrogen-bond donors (Lipinski definition) is 0. The van der Waals surface area contributed by atoms with Crippen LogP contribution >= 0.6 is 0 Å². The Morgan fingerprint density at radius 3 is 2.25 bits per heavy atom. The fraction of sp³-hybridized carbons (Fsp3) is 0.278. The molecule has 2 heteroatoms. The zero-order valence-corrected chi connectivity index (χ0v) is 11.9. The zero-order valence-electron chi connectivity index (χ0n) is 11.9. The topological polar surface area (TPSA) is 27.0 Å².